The first kappa shape index (κ1) is 12.9. The molecule has 0 atom stereocenters. The van der Waals surface area contributed by atoms with Crippen molar-refractivity contribution in [1.82, 2.24) is 4.90 Å². The van der Waals surface area contributed by atoms with Gasteiger partial charge in [0.05, 0.1) is 4.92 Å². The van der Waals surface area contributed by atoms with Crippen molar-refractivity contribution in [2.45, 2.75) is 0 Å². The topological polar surface area (TPSA) is 81.9 Å². The van der Waals surface area contributed by atoms with Crippen LogP contribution in [-0.4, -0.2) is 36.5 Å². The van der Waals surface area contributed by atoms with Gasteiger partial charge in [-0.05, 0) is 12.1 Å². The quantitative estimate of drug-likeness (QED) is 0.355. The minimum atomic E-state index is -0.635. The molecule has 1 aliphatic heterocycles. The highest BCUT2D eigenvalue weighted by molar-refractivity contribution is 6.08. The number of nitrogens with zero attached hydrogens (tertiary/aromatic N) is 2. The summed E-state index contributed by atoms with van der Waals surface area (Å²) in [5.74, 6) is -0.173. The Morgan fingerprint density at radius 2 is 2.16 bits per heavy atom. The summed E-state index contributed by atoms with van der Waals surface area (Å²) in [5, 5.41) is 11.1. The van der Waals surface area contributed by atoms with E-state index in [0.717, 1.165) is 0 Å². The van der Waals surface area contributed by atoms with Gasteiger partial charge in [-0.3, -0.25) is 14.9 Å². The molecule has 0 radical (unpaired) electrons. The van der Waals surface area contributed by atoms with Gasteiger partial charge in [-0.2, -0.15) is 0 Å². The SMILES string of the molecule is CN(C)/C=C/C(=O)c1ccc2c(c1[N+](=O)[O-])OCO2. The average molecular weight is 264 g/mol. The van der Waals surface area contributed by atoms with E-state index in [0.29, 0.717) is 0 Å². The zero-order valence-electron chi connectivity index (χ0n) is 10.5. The molecule has 0 aromatic heterocycles. The van der Waals surface area contributed by atoms with Gasteiger partial charge in [0.25, 0.3) is 0 Å². The summed E-state index contributed by atoms with van der Waals surface area (Å²) in [6.45, 7) is -0.0820. The summed E-state index contributed by atoms with van der Waals surface area (Å²) in [5.41, 5.74) is -0.379. The van der Waals surface area contributed by atoms with Crippen LogP contribution in [0.25, 0.3) is 0 Å². The van der Waals surface area contributed by atoms with E-state index in [9.17, 15) is 14.9 Å². The molecule has 0 aliphatic carbocycles. The highest BCUT2D eigenvalue weighted by Crippen LogP contribution is 2.42. The Bertz CT molecular complexity index is 565. The Kier molecular flexibility index (Phi) is 3.37. The number of hydrogen-bond acceptors (Lipinski definition) is 6. The van der Waals surface area contributed by atoms with Crippen molar-refractivity contribution < 1.29 is 19.2 Å². The summed E-state index contributed by atoms with van der Waals surface area (Å²) in [4.78, 5) is 24.1. The monoisotopic (exact) mass is 264 g/mol. The van der Waals surface area contributed by atoms with Gasteiger partial charge in [0.15, 0.2) is 11.5 Å². The third-order valence-corrected chi connectivity index (χ3v) is 2.49. The van der Waals surface area contributed by atoms with Gasteiger partial charge in [-0.1, -0.05) is 0 Å². The van der Waals surface area contributed by atoms with Crippen molar-refractivity contribution in [2.24, 2.45) is 0 Å². The number of ether oxygens (including phenoxy) is 2. The predicted octanol–water partition coefficient (Wildman–Crippen LogP) is 1.58. The first-order chi connectivity index (χ1) is 9.00. The number of carbonyl (C=O) groups excluding carboxylic acids is 1. The molecular formula is C12H12N2O5. The van der Waals surface area contributed by atoms with Crippen LogP contribution >= 0.6 is 0 Å². The van der Waals surface area contributed by atoms with E-state index >= 15 is 0 Å². The van der Waals surface area contributed by atoms with E-state index in [4.69, 9.17) is 9.47 Å². The van der Waals surface area contributed by atoms with Crippen molar-refractivity contribution >= 4 is 11.5 Å². The standard InChI is InChI=1S/C12H12N2O5/c1-13(2)6-5-9(15)8-3-4-10-12(19-7-18-10)11(8)14(16)17/h3-6H,7H2,1-2H3/b6-5+. The lowest BCUT2D eigenvalue weighted by molar-refractivity contribution is -0.385. The Balaban J connectivity index is 2.46. The van der Waals surface area contributed by atoms with Crippen LogP contribution in [0.1, 0.15) is 10.4 Å². The number of allylic oxidation sites excluding steroid dienone is 1. The number of ketones is 1. The molecule has 1 aromatic rings. The first-order valence-electron chi connectivity index (χ1n) is 5.46. The number of fused-ring (bicyclic) bond motifs is 1. The molecule has 0 fully saturated rings. The molecule has 1 aliphatic rings. The van der Waals surface area contributed by atoms with Gasteiger partial charge in [0.1, 0.15) is 5.56 Å². The summed E-state index contributed by atoms with van der Waals surface area (Å²) in [6.07, 6.45) is 2.79. The van der Waals surface area contributed by atoms with Crippen LogP contribution in [-0.2, 0) is 0 Å². The number of nitro groups is 1. The molecule has 19 heavy (non-hydrogen) atoms. The molecule has 100 valence electrons. The third-order valence-electron chi connectivity index (χ3n) is 2.49. The minimum absolute atomic E-state index is 0.00843. The average Bonchev–Trinajstić information content (AvgIpc) is 2.82. The van der Waals surface area contributed by atoms with E-state index < -0.39 is 10.7 Å². The molecule has 7 nitrogen and oxygen atoms in total. The Morgan fingerprint density at radius 3 is 2.79 bits per heavy atom. The molecule has 0 unspecified atom stereocenters. The van der Waals surface area contributed by atoms with E-state index in [1.807, 2.05) is 0 Å². The van der Waals surface area contributed by atoms with Crippen LogP contribution in [0.5, 0.6) is 11.5 Å². The molecule has 7 heteroatoms. The number of benzene rings is 1. The van der Waals surface area contributed by atoms with Crippen molar-refractivity contribution in [1.29, 1.82) is 0 Å². The van der Waals surface area contributed by atoms with Crippen LogP contribution in [0.15, 0.2) is 24.4 Å². The van der Waals surface area contributed by atoms with Gasteiger partial charge < -0.3 is 14.4 Å². The smallest absolute Gasteiger partial charge is 0.326 e. The summed E-state index contributed by atoms with van der Waals surface area (Å²) in [6, 6.07) is 2.86. The minimum Gasteiger partial charge on any atom is -0.453 e. The lowest BCUT2D eigenvalue weighted by Gasteiger charge is -2.04. The highest BCUT2D eigenvalue weighted by Gasteiger charge is 2.31. The van der Waals surface area contributed by atoms with Gasteiger partial charge in [0, 0.05) is 26.4 Å². The van der Waals surface area contributed by atoms with E-state index in [2.05, 4.69) is 0 Å². The largest absolute Gasteiger partial charge is 0.453 e. The second-order valence-electron chi connectivity index (χ2n) is 4.10. The number of hydrogen-bond donors (Lipinski definition) is 0. The van der Waals surface area contributed by atoms with Gasteiger partial charge in [-0.15, -0.1) is 0 Å². The van der Waals surface area contributed by atoms with Gasteiger partial charge in [0.2, 0.25) is 12.5 Å². The van der Waals surface area contributed by atoms with E-state index in [1.54, 1.807) is 19.0 Å². The summed E-state index contributed by atoms with van der Waals surface area (Å²) >= 11 is 0. The Hall–Kier alpha value is -2.57. The molecule has 0 spiro atoms. The fourth-order valence-corrected chi connectivity index (χ4v) is 1.64. The molecule has 0 saturated heterocycles. The lowest BCUT2D eigenvalue weighted by atomic mass is 10.1. The van der Waals surface area contributed by atoms with Gasteiger partial charge in [-0.25, -0.2) is 0 Å². The molecule has 1 aromatic carbocycles. The predicted molar refractivity (Wildman–Crippen MR) is 66.4 cm³/mol. The molecule has 0 N–H and O–H groups in total. The second-order valence-corrected chi connectivity index (χ2v) is 4.10. The van der Waals surface area contributed by atoms with Crippen LogP contribution in [0.4, 0.5) is 5.69 Å². The Labute approximate surface area is 109 Å². The number of nitro benzene ring substituents is 1. The zero-order chi connectivity index (χ0) is 14.0. The molecule has 2 rings (SSSR count). The molecule has 0 amide bonds. The molecule has 0 bridgehead atoms. The second kappa shape index (κ2) is 4.97. The number of rotatable bonds is 4. The zero-order valence-corrected chi connectivity index (χ0v) is 10.5. The van der Waals surface area contributed by atoms with E-state index in [-0.39, 0.29) is 29.5 Å². The summed E-state index contributed by atoms with van der Waals surface area (Å²) in [7, 11) is 3.50. The Morgan fingerprint density at radius 1 is 1.42 bits per heavy atom. The molecule has 1 heterocycles. The maximum atomic E-state index is 12.0. The maximum absolute atomic E-state index is 12.0. The molecular weight excluding hydrogens is 252 g/mol. The van der Waals surface area contributed by atoms with Crippen molar-refractivity contribution in [2.75, 3.05) is 20.9 Å². The third kappa shape index (κ3) is 2.49. The summed E-state index contributed by atoms with van der Waals surface area (Å²) < 4.78 is 10.1. The van der Waals surface area contributed by atoms with Crippen LogP contribution in [0.2, 0.25) is 0 Å². The van der Waals surface area contributed by atoms with Crippen LogP contribution in [0.3, 0.4) is 0 Å². The fraction of sp³-hybridized carbons (Fsp3) is 0.250. The first-order valence-corrected chi connectivity index (χ1v) is 5.46. The fourth-order valence-electron chi connectivity index (χ4n) is 1.64. The van der Waals surface area contributed by atoms with E-state index in [1.165, 1.54) is 24.4 Å². The number of carbonyl (C=O) groups is 1. The van der Waals surface area contributed by atoms with Crippen LogP contribution < -0.4 is 9.47 Å². The molecule has 0 saturated carbocycles. The van der Waals surface area contributed by atoms with Crippen molar-refractivity contribution in [3.8, 4) is 11.5 Å². The maximum Gasteiger partial charge on any atom is 0.326 e. The van der Waals surface area contributed by atoms with Crippen LogP contribution in [0, 0.1) is 10.1 Å². The van der Waals surface area contributed by atoms with Crippen molar-refractivity contribution in [3.63, 3.8) is 0 Å². The highest BCUT2D eigenvalue weighted by atomic mass is 16.7. The van der Waals surface area contributed by atoms with Crippen molar-refractivity contribution in [3.05, 3.63) is 40.1 Å². The van der Waals surface area contributed by atoms with Gasteiger partial charge >= 0.3 is 5.69 Å². The normalized spacial score (nSPS) is 12.7. The lowest BCUT2D eigenvalue weighted by Crippen LogP contribution is -2.05.